The van der Waals surface area contributed by atoms with Crippen LogP contribution in [-0.4, -0.2) is 29.4 Å². The van der Waals surface area contributed by atoms with Gasteiger partial charge in [0.05, 0.1) is 0 Å². The van der Waals surface area contributed by atoms with Crippen LogP contribution in [-0.2, 0) is 10.2 Å². The lowest BCUT2D eigenvalue weighted by Crippen LogP contribution is -2.39. The summed E-state index contributed by atoms with van der Waals surface area (Å²) in [4.78, 5) is 12.2. The highest BCUT2D eigenvalue weighted by atomic mass is 35.5. The van der Waals surface area contributed by atoms with Crippen LogP contribution in [0.1, 0.15) is 43.4 Å². The van der Waals surface area contributed by atoms with E-state index in [1.807, 2.05) is 13.8 Å². The summed E-state index contributed by atoms with van der Waals surface area (Å²) >= 11 is 13.9. The lowest BCUT2D eigenvalue weighted by atomic mass is 9.84. The minimum Gasteiger partial charge on any atom is -0.371 e. The Morgan fingerprint density at radius 1 is 1.35 bits per heavy atom. The molecule has 1 aromatic carbocycles. The number of hydrogen-bond donors (Lipinski definition) is 2. The smallest absolute Gasteiger partial charge is 0.321 e. The van der Waals surface area contributed by atoms with E-state index in [4.69, 9.17) is 27.9 Å². The number of hydrogen-bond acceptors (Lipinski definition) is 5. The third-order valence-electron chi connectivity index (χ3n) is 4.20. The van der Waals surface area contributed by atoms with Crippen molar-refractivity contribution in [3.05, 3.63) is 38.8 Å². The van der Waals surface area contributed by atoms with E-state index in [1.165, 1.54) is 11.3 Å². The first kappa shape index (κ1) is 19.4. The Balaban J connectivity index is 1.58. The number of carbonyl (C=O) groups is 1. The molecule has 2 N–H and O–H groups in total. The summed E-state index contributed by atoms with van der Waals surface area (Å²) in [7, 11) is 0. The molecule has 2 amide bonds. The van der Waals surface area contributed by atoms with Crippen LogP contribution in [0.2, 0.25) is 10.0 Å². The van der Waals surface area contributed by atoms with Crippen molar-refractivity contribution in [1.29, 1.82) is 0 Å². The van der Waals surface area contributed by atoms with E-state index in [9.17, 15) is 4.79 Å². The van der Waals surface area contributed by atoms with Crippen LogP contribution in [0.5, 0.6) is 0 Å². The fourth-order valence-electron chi connectivity index (χ4n) is 2.86. The van der Waals surface area contributed by atoms with Gasteiger partial charge in [0.25, 0.3) is 0 Å². The summed E-state index contributed by atoms with van der Waals surface area (Å²) in [6.45, 7) is 5.05. The van der Waals surface area contributed by atoms with Crippen molar-refractivity contribution in [2.75, 3.05) is 18.5 Å². The number of amides is 2. The highest BCUT2D eigenvalue weighted by molar-refractivity contribution is 7.15. The Morgan fingerprint density at radius 2 is 2.08 bits per heavy atom. The van der Waals surface area contributed by atoms with Gasteiger partial charge >= 0.3 is 6.03 Å². The Labute approximate surface area is 166 Å². The highest BCUT2D eigenvalue weighted by Gasteiger charge is 2.27. The van der Waals surface area contributed by atoms with Crippen molar-refractivity contribution in [3.8, 4) is 0 Å². The first-order valence-electron chi connectivity index (χ1n) is 8.31. The van der Waals surface area contributed by atoms with E-state index in [-0.39, 0.29) is 12.1 Å². The van der Waals surface area contributed by atoms with Gasteiger partial charge in [-0.1, -0.05) is 54.5 Å². The monoisotopic (exact) mass is 414 g/mol. The Hall–Kier alpha value is -1.41. The van der Waals surface area contributed by atoms with Gasteiger partial charge in [-0.3, -0.25) is 5.32 Å². The SMILES string of the molecule is CC(C)(CNC(=O)Nc1nnc(C2CCCO2)s1)c1c(Cl)cccc1Cl. The minimum absolute atomic E-state index is 0.00703. The van der Waals surface area contributed by atoms with Crippen molar-refractivity contribution in [3.63, 3.8) is 0 Å². The van der Waals surface area contributed by atoms with Gasteiger partial charge in [0.15, 0.2) is 0 Å². The summed E-state index contributed by atoms with van der Waals surface area (Å²) < 4.78 is 5.58. The van der Waals surface area contributed by atoms with E-state index in [1.54, 1.807) is 18.2 Å². The summed E-state index contributed by atoms with van der Waals surface area (Å²) in [6.07, 6.45) is 1.95. The van der Waals surface area contributed by atoms with Gasteiger partial charge in [-0.2, -0.15) is 0 Å². The number of rotatable bonds is 5. The number of carbonyl (C=O) groups excluding carboxylic acids is 1. The van der Waals surface area contributed by atoms with Crippen molar-refractivity contribution in [1.82, 2.24) is 15.5 Å². The summed E-state index contributed by atoms with van der Waals surface area (Å²) in [5.74, 6) is 0. The molecular formula is C17H20Cl2N4O2S. The van der Waals surface area contributed by atoms with Crippen LogP contribution in [0.15, 0.2) is 18.2 Å². The van der Waals surface area contributed by atoms with Crippen molar-refractivity contribution >= 4 is 45.7 Å². The van der Waals surface area contributed by atoms with E-state index < -0.39 is 5.41 Å². The molecule has 0 aliphatic carbocycles. The third kappa shape index (κ3) is 4.46. The number of nitrogens with zero attached hydrogens (tertiary/aromatic N) is 2. The number of anilines is 1. The molecule has 140 valence electrons. The minimum atomic E-state index is -0.434. The zero-order chi connectivity index (χ0) is 18.7. The molecule has 26 heavy (non-hydrogen) atoms. The maximum Gasteiger partial charge on any atom is 0.321 e. The lowest BCUT2D eigenvalue weighted by molar-refractivity contribution is 0.111. The van der Waals surface area contributed by atoms with Crippen LogP contribution < -0.4 is 10.6 Å². The van der Waals surface area contributed by atoms with Gasteiger partial charge in [-0.15, -0.1) is 10.2 Å². The number of nitrogens with one attached hydrogen (secondary N) is 2. The molecule has 0 saturated carbocycles. The van der Waals surface area contributed by atoms with Gasteiger partial charge in [0, 0.05) is 28.6 Å². The quantitative estimate of drug-likeness (QED) is 0.736. The zero-order valence-corrected chi connectivity index (χ0v) is 16.8. The molecule has 1 saturated heterocycles. The highest BCUT2D eigenvalue weighted by Crippen LogP contribution is 2.35. The standard InChI is InChI=1S/C17H20Cl2N4O2S/c1-17(2,13-10(18)5-3-6-11(13)19)9-20-15(24)21-16-23-22-14(26-16)12-7-4-8-25-12/h3,5-6,12H,4,7-9H2,1-2H3,(H2,20,21,23,24). The number of aromatic nitrogens is 2. The normalized spacial score (nSPS) is 17.3. The van der Waals surface area contributed by atoms with Crippen LogP contribution >= 0.6 is 34.5 Å². The summed E-state index contributed by atoms with van der Waals surface area (Å²) in [5, 5.41) is 16.1. The van der Waals surface area contributed by atoms with Gasteiger partial charge in [0.2, 0.25) is 5.13 Å². The molecule has 0 spiro atoms. The molecule has 6 nitrogen and oxygen atoms in total. The molecule has 1 fully saturated rings. The summed E-state index contributed by atoms with van der Waals surface area (Å²) in [6, 6.07) is 5.03. The molecule has 2 heterocycles. The fourth-order valence-corrected chi connectivity index (χ4v) is 4.59. The molecule has 0 radical (unpaired) electrons. The van der Waals surface area contributed by atoms with Gasteiger partial charge in [-0.05, 0) is 30.5 Å². The molecule has 1 aromatic heterocycles. The van der Waals surface area contributed by atoms with E-state index in [0.29, 0.717) is 21.7 Å². The molecule has 1 aliphatic heterocycles. The molecule has 2 aromatic rings. The second kappa shape index (κ2) is 8.08. The Bertz CT molecular complexity index is 771. The average Bonchev–Trinajstić information content (AvgIpc) is 3.24. The molecule has 1 atom stereocenters. The van der Waals surface area contributed by atoms with Crippen LogP contribution in [0.25, 0.3) is 0 Å². The fraction of sp³-hybridized carbons (Fsp3) is 0.471. The average molecular weight is 415 g/mol. The first-order chi connectivity index (χ1) is 12.4. The van der Waals surface area contributed by atoms with Crippen LogP contribution in [0.3, 0.4) is 0 Å². The maximum absolute atomic E-state index is 12.2. The number of benzene rings is 1. The Kier molecular flexibility index (Phi) is 6.02. The molecule has 3 rings (SSSR count). The first-order valence-corrected chi connectivity index (χ1v) is 9.88. The number of halogens is 2. The van der Waals surface area contributed by atoms with Crippen LogP contribution in [0, 0.1) is 0 Å². The molecule has 1 aliphatic rings. The van der Waals surface area contributed by atoms with Gasteiger partial charge in [-0.25, -0.2) is 4.79 Å². The largest absolute Gasteiger partial charge is 0.371 e. The Morgan fingerprint density at radius 3 is 2.73 bits per heavy atom. The van der Waals surface area contributed by atoms with Crippen molar-refractivity contribution in [2.45, 2.75) is 38.2 Å². The number of ether oxygens (including phenoxy) is 1. The number of urea groups is 1. The van der Waals surface area contributed by atoms with Crippen molar-refractivity contribution < 1.29 is 9.53 Å². The second-order valence-electron chi connectivity index (χ2n) is 6.74. The van der Waals surface area contributed by atoms with Crippen LogP contribution in [0.4, 0.5) is 9.93 Å². The van der Waals surface area contributed by atoms with E-state index in [0.717, 1.165) is 30.0 Å². The maximum atomic E-state index is 12.2. The van der Waals surface area contributed by atoms with Crippen molar-refractivity contribution in [2.24, 2.45) is 0 Å². The van der Waals surface area contributed by atoms with E-state index in [2.05, 4.69) is 20.8 Å². The summed E-state index contributed by atoms with van der Waals surface area (Å²) in [5.41, 5.74) is 0.372. The molecule has 0 bridgehead atoms. The third-order valence-corrected chi connectivity index (χ3v) is 5.76. The van der Waals surface area contributed by atoms with Gasteiger partial charge in [0.1, 0.15) is 11.1 Å². The lowest BCUT2D eigenvalue weighted by Gasteiger charge is -2.27. The second-order valence-corrected chi connectivity index (χ2v) is 8.56. The molecule has 9 heteroatoms. The van der Waals surface area contributed by atoms with E-state index >= 15 is 0 Å². The molecule has 1 unspecified atom stereocenters. The molecular weight excluding hydrogens is 395 g/mol. The topological polar surface area (TPSA) is 76.1 Å². The predicted octanol–water partition coefficient (Wildman–Crippen LogP) is 4.80. The zero-order valence-electron chi connectivity index (χ0n) is 14.5. The van der Waals surface area contributed by atoms with Gasteiger partial charge < -0.3 is 10.1 Å². The predicted molar refractivity (Wildman–Crippen MR) is 104 cm³/mol.